The van der Waals surface area contributed by atoms with Crippen LogP contribution < -0.4 is 0 Å². The Morgan fingerprint density at radius 3 is 0.696 bits per heavy atom. The summed E-state index contributed by atoms with van der Waals surface area (Å²) in [6.45, 7) is 7.32. The first kappa shape index (κ1) is 100. The molecule has 102 heavy (non-hydrogen) atoms. The SMILES string of the molecule is CCCCCCCCCCCCCCCCCCCCCCCC(=O)O[C@H](COC(=O)CCCCCCCCCCCCCCCCCCCCCC)COP(=O)(O)OC[C@@H](O)COP(=O)(O)OC[C@@H](COC(=O)CCCCCCCCC)OC(=O)CCCCCCCCCCCCC(C)CC. The van der Waals surface area contributed by atoms with Gasteiger partial charge in [-0.25, -0.2) is 9.13 Å². The highest BCUT2D eigenvalue weighted by molar-refractivity contribution is 7.47. The molecular formula is C83H162O17P2. The minimum absolute atomic E-state index is 0.106. The first-order valence-corrected chi connectivity index (χ1v) is 46.2. The van der Waals surface area contributed by atoms with Gasteiger partial charge in [0.2, 0.25) is 0 Å². The molecule has 0 spiro atoms. The van der Waals surface area contributed by atoms with Gasteiger partial charge in [0.1, 0.15) is 19.3 Å². The number of carbonyl (C=O) groups is 4. The Morgan fingerprint density at radius 2 is 0.471 bits per heavy atom. The molecule has 0 aromatic heterocycles. The van der Waals surface area contributed by atoms with E-state index in [1.807, 2.05) is 0 Å². The number of phosphoric acid groups is 2. The Labute approximate surface area is 626 Å². The van der Waals surface area contributed by atoms with Crippen LogP contribution in [0.3, 0.4) is 0 Å². The Balaban J connectivity index is 5.16. The van der Waals surface area contributed by atoms with E-state index in [0.717, 1.165) is 109 Å². The molecule has 0 heterocycles. The third-order valence-corrected chi connectivity index (χ3v) is 21.8. The highest BCUT2D eigenvalue weighted by Gasteiger charge is 2.30. The second-order valence-electron chi connectivity index (χ2n) is 30.1. The fourth-order valence-electron chi connectivity index (χ4n) is 12.9. The third-order valence-electron chi connectivity index (χ3n) is 19.9. The van der Waals surface area contributed by atoms with Crippen molar-refractivity contribution in [3.8, 4) is 0 Å². The van der Waals surface area contributed by atoms with Crippen LogP contribution in [0.15, 0.2) is 0 Å². The van der Waals surface area contributed by atoms with Crippen LogP contribution in [0.2, 0.25) is 0 Å². The van der Waals surface area contributed by atoms with Gasteiger partial charge in [-0.3, -0.25) is 37.3 Å². The molecule has 0 rings (SSSR count). The van der Waals surface area contributed by atoms with E-state index < -0.39 is 97.5 Å². The van der Waals surface area contributed by atoms with E-state index in [2.05, 4.69) is 34.6 Å². The fourth-order valence-corrected chi connectivity index (χ4v) is 14.5. The van der Waals surface area contributed by atoms with Crippen LogP contribution in [-0.4, -0.2) is 96.7 Å². The van der Waals surface area contributed by atoms with Gasteiger partial charge in [-0.2, -0.15) is 0 Å². The number of ether oxygens (including phenoxy) is 4. The summed E-state index contributed by atoms with van der Waals surface area (Å²) < 4.78 is 68.7. The average molecular weight is 1490 g/mol. The van der Waals surface area contributed by atoms with Crippen LogP contribution in [0, 0.1) is 5.92 Å². The summed E-state index contributed by atoms with van der Waals surface area (Å²) in [7, 11) is -9.92. The van der Waals surface area contributed by atoms with Gasteiger partial charge in [0.05, 0.1) is 26.4 Å². The maximum atomic E-state index is 13.1. The maximum Gasteiger partial charge on any atom is 0.472 e. The summed E-state index contributed by atoms with van der Waals surface area (Å²) in [6, 6.07) is 0. The zero-order valence-corrected chi connectivity index (χ0v) is 68.5. The molecule has 0 saturated heterocycles. The smallest absolute Gasteiger partial charge is 0.462 e. The molecule has 0 aliphatic carbocycles. The lowest BCUT2D eigenvalue weighted by atomic mass is 9.99. The summed E-state index contributed by atoms with van der Waals surface area (Å²) >= 11 is 0. The molecule has 606 valence electrons. The molecule has 6 atom stereocenters. The molecule has 0 aromatic carbocycles. The predicted octanol–water partition coefficient (Wildman–Crippen LogP) is 25.2. The summed E-state index contributed by atoms with van der Waals surface area (Å²) in [5.41, 5.74) is 0. The molecule has 0 aliphatic rings. The first-order chi connectivity index (χ1) is 49.6. The Kier molecular flexibility index (Phi) is 74.4. The molecule has 0 amide bonds. The van der Waals surface area contributed by atoms with E-state index in [9.17, 15) is 43.2 Å². The lowest BCUT2D eigenvalue weighted by molar-refractivity contribution is -0.161. The second-order valence-corrected chi connectivity index (χ2v) is 33.0. The molecule has 0 bridgehead atoms. The van der Waals surface area contributed by atoms with Crippen LogP contribution in [0.4, 0.5) is 0 Å². The number of aliphatic hydroxyl groups excluding tert-OH is 1. The first-order valence-electron chi connectivity index (χ1n) is 43.2. The van der Waals surface area contributed by atoms with Crippen molar-refractivity contribution in [1.82, 2.24) is 0 Å². The Hall–Kier alpha value is -1.94. The van der Waals surface area contributed by atoms with E-state index in [0.29, 0.717) is 25.7 Å². The van der Waals surface area contributed by atoms with E-state index in [1.54, 1.807) is 0 Å². The van der Waals surface area contributed by atoms with Crippen molar-refractivity contribution in [3.05, 3.63) is 0 Å². The van der Waals surface area contributed by atoms with Crippen LogP contribution >= 0.6 is 15.6 Å². The molecule has 0 aromatic rings. The summed E-state index contributed by atoms with van der Waals surface area (Å²) in [6.07, 6.45) is 68.3. The zero-order chi connectivity index (χ0) is 74.8. The number of hydrogen-bond donors (Lipinski definition) is 3. The fraction of sp³-hybridized carbons (Fsp3) is 0.952. The van der Waals surface area contributed by atoms with Gasteiger partial charge in [0.25, 0.3) is 0 Å². The third kappa shape index (κ3) is 74.9. The van der Waals surface area contributed by atoms with Gasteiger partial charge in [-0.05, 0) is 31.6 Å². The minimum Gasteiger partial charge on any atom is -0.462 e. The zero-order valence-electron chi connectivity index (χ0n) is 66.8. The van der Waals surface area contributed by atoms with E-state index in [1.165, 1.54) is 257 Å². The molecule has 0 aliphatic heterocycles. The number of carbonyl (C=O) groups excluding carboxylic acids is 4. The number of rotatable bonds is 83. The van der Waals surface area contributed by atoms with Crippen LogP contribution in [0.1, 0.15) is 446 Å². The number of hydrogen-bond acceptors (Lipinski definition) is 15. The molecular weight excluding hydrogens is 1330 g/mol. The van der Waals surface area contributed by atoms with Crippen molar-refractivity contribution < 1.29 is 80.2 Å². The standard InChI is InChI=1S/C83H162O17P2/c1-6-10-13-16-19-21-23-25-27-29-31-33-35-37-39-41-43-48-53-58-63-68-82(87)100-79(73-94-81(86)67-62-57-52-47-42-40-38-36-34-32-30-28-26-24-22-20-17-14-11-7-2)75-98-102(91,92)96-71-77(84)70-95-101(89,90)97-74-78(72-93-80(85)66-61-56-50-18-15-12-8-3)99-83(88)69-64-59-54-49-45-44-46-51-55-60-65-76(5)9-4/h76-79,84H,6-75H2,1-5H3,(H,89,90)(H,91,92)/t76?,77-,78+,79+/m0/s1. The van der Waals surface area contributed by atoms with E-state index >= 15 is 0 Å². The second kappa shape index (κ2) is 75.9. The maximum absolute atomic E-state index is 13.1. The Morgan fingerprint density at radius 1 is 0.275 bits per heavy atom. The highest BCUT2D eigenvalue weighted by Crippen LogP contribution is 2.45. The highest BCUT2D eigenvalue weighted by atomic mass is 31.2. The topological polar surface area (TPSA) is 237 Å². The molecule has 19 heteroatoms. The van der Waals surface area contributed by atoms with Crippen LogP contribution in [-0.2, 0) is 65.4 Å². The van der Waals surface area contributed by atoms with Gasteiger partial charge in [0, 0.05) is 25.7 Å². The van der Waals surface area contributed by atoms with Crippen LogP contribution in [0.25, 0.3) is 0 Å². The largest absolute Gasteiger partial charge is 0.472 e. The number of phosphoric ester groups is 2. The summed E-state index contributed by atoms with van der Waals surface area (Å²) in [5.74, 6) is -1.31. The Bertz CT molecular complexity index is 1950. The van der Waals surface area contributed by atoms with Gasteiger partial charge in [-0.1, -0.05) is 394 Å². The number of aliphatic hydroxyl groups is 1. The van der Waals surface area contributed by atoms with Crippen molar-refractivity contribution in [2.75, 3.05) is 39.6 Å². The summed E-state index contributed by atoms with van der Waals surface area (Å²) in [4.78, 5) is 72.9. The quantitative estimate of drug-likeness (QED) is 0.0222. The lowest BCUT2D eigenvalue weighted by Gasteiger charge is -2.21. The average Bonchev–Trinajstić information content (AvgIpc) is 0.922. The number of unbranched alkanes of at least 4 members (excludes halogenated alkanes) is 54. The molecule has 0 saturated carbocycles. The normalized spacial score (nSPS) is 14.1. The molecule has 0 fully saturated rings. The van der Waals surface area contributed by atoms with Gasteiger partial charge in [-0.15, -0.1) is 0 Å². The van der Waals surface area contributed by atoms with Crippen molar-refractivity contribution in [1.29, 1.82) is 0 Å². The monoisotopic (exact) mass is 1490 g/mol. The number of esters is 4. The van der Waals surface area contributed by atoms with E-state index in [-0.39, 0.29) is 25.7 Å². The molecule has 3 unspecified atom stereocenters. The summed E-state index contributed by atoms with van der Waals surface area (Å²) in [5, 5.41) is 10.6. The predicted molar refractivity (Wildman–Crippen MR) is 418 cm³/mol. The minimum atomic E-state index is -4.96. The molecule has 17 nitrogen and oxygen atoms in total. The van der Waals surface area contributed by atoms with Gasteiger partial charge in [0.15, 0.2) is 12.2 Å². The van der Waals surface area contributed by atoms with Gasteiger partial charge < -0.3 is 33.8 Å². The van der Waals surface area contributed by atoms with Crippen molar-refractivity contribution in [2.24, 2.45) is 5.92 Å². The van der Waals surface area contributed by atoms with Crippen molar-refractivity contribution >= 4 is 39.5 Å². The van der Waals surface area contributed by atoms with Gasteiger partial charge >= 0.3 is 39.5 Å². The van der Waals surface area contributed by atoms with Crippen LogP contribution in [0.5, 0.6) is 0 Å². The van der Waals surface area contributed by atoms with Crippen molar-refractivity contribution in [2.45, 2.75) is 464 Å². The van der Waals surface area contributed by atoms with E-state index in [4.69, 9.17) is 37.0 Å². The lowest BCUT2D eigenvalue weighted by Crippen LogP contribution is -2.30. The van der Waals surface area contributed by atoms with Crippen molar-refractivity contribution in [3.63, 3.8) is 0 Å². The molecule has 0 radical (unpaired) electrons. The molecule has 3 N–H and O–H groups in total.